The lowest BCUT2D eigenvalue weighted by Gasteiger charge is -2.26. The summed E-state index contributed by atoms with van der Waals surface area (Å²) in [6.45, 7) is 8.36. The fourth-order valence-corrected chi connectivity index (χ4v) is 3.67. The summed E-state index contributed by atoms with van der Waals surface area (Å²) in [5.74, 6) is 0. The molecular formula is C15H26N2S. The van der Waals surface area contributed by atoms with E-state index in [1.54, 1.807) is 9.75 Å². The largest absolute Gasteiger partial charge is 0.314 e. The molecular weight excluding hydrogens is 240 g/mol. The van der Waals surface area contributed by atoms with Crippen molar-refractivity contribution in [1.82, 2.24) is 10.2 Å². The molecule has 0 saturated carbocycles. The normalized spacial score (nSPS) is 17.2. The zero-order chi connectivity index (χ0) is 12.6. The van der Waals surface area contributed by atoms with Crippen molar-refractivity contribution >= 4 is 11.3 Å². The van der Waals surface area contributed by atoms with Gasteiger partial charge in [-0.2, -0.15) is 0 Å². The van der Waals surface area contributed by atoms with Gasteiger partial charge in [-0.1, -0.05) is 13.3 Å². The van der Waals surface area contributed by atoms with E-state index in [9.17, 15) is 0 Å². The van der Waals surface area contributed by atoms with E-state index in [0.717, 1.165) is 0 Å². The molecule has 1 saturated heterocycles. The van der Waals surface area contributed by atoms with Crippen molar-refractivity contribution in [3.05, 3.63) is 21.9 Å². The predicted molar refractivity (Wildman–Crippen MR) is 80.6 cm³/mol. The van der Waals surface area contributed by atoms with E-state index >= 15 is 0 Å². The highest BCUT2D eigenvalue weighted by molar-refractivity contribution is 7.11. The van der Waals surface area contributed by atoms with Crippen LogP contribution in [0.4, 0.5) is 0 Å². The van der Waals surface area contributed by atoms with Crippen molar-refractivity contribution in [2.24, 2.45) is 0 Å². The fourth-order valence-electron chi connectivity index (χ4n) is 2.51. The first-order valence-corrected chi connectivity index (χ1v) is 8.21. The fraction of sp³-hybridized carbons (Fsp3) is 0.733. The number of piperazine rings is 1. The first kappa shape index (κ1) is 14.0. The molecule has 0 atom stereocenters. The first-order chi connectivity index (χ1) is 8.88. The second-order valence-electron chi connectivity index (χ2n) is 5.17. The third-order valence-corrected chi connectivity index (χ3v) is 4.78. The van der Waals surface area contributed by atoms with Crippen LogP contribution in [-0.2, 0) is 12.8 Å². The third kappa shape index (κ3) is 4.71. The van der Waals surface area contributed by atoms with E-state index in [0.29, 0.717) is 0 Å². The van der Waals surface area contributed by atoms with Gasteiger partial charge in [-0.15, -0.1) is 11.3 Å². The maximum Gasteiger partial charge on any atom is 0.0107 e. The molecule has 0 aromatic carbocycles. The predicted octanol–water partition coefficient (Wildman–Crippen LogP) is 2.93. The number of hydrogen-bond acceptors (Lipinski definition) is 3. The van der Waals surface area contributed by atoms with Gasteiger partial charge in [0.15, 0.2) is 0 Å². The Kier molecular flexibility index (Phi) is 6.18. The Morgan fingerprint density at radius 3 is 2.56 bits per heavy atom. The molecule has 1 aliphatic heterocycles. The molecule has 0 amide bonds. The van der Waals surface area contributed by atoms with Gasteiger partial charge in [0.1, 0.15) is 0 Å². The zero-order valence-corrected chi connectivity index (χ0v) is 12.4. The standard InChI is InChI=1S/C15H26N2S/c1-2-5-14-7-8-15(18-14)6-3-4-11-17-12-9-16-10-13-17/h7-8,16H,2-6,9-13H2,1H3. The molecule has 1 N–H and O–H groups in total. The smallest absolute Gasteiger partial charge is 0.0107 e. The molecule has 3 heteroatoms. The van der Waals surface area contributed by atoms with Gasteiger partial charge in [0, 0.05) is 35.9 Å². The minimum atomic E-state index is 1.17. The minimum absolute atomic E-state index is 1.17. The van der Waals surface area contributed by atoms with Crippen molar-refractivity contribution in [3.8, 4) is 0 Å². The van der Waals surface area contributed by atoms with Gasteiger partial charge in [-0.3, -0.25) is 0 Å². The lowest BCUT2D eigenvalue weighted by Crippen LogP contribution is -2.43. The van der Waals surface area contributed by atoms with Crippen LogP contribution in [0.5, 0.6) is 0 Å². The average Bonchev–Trinajstić information content (AvgIpc) is 2.84. The van der Waals surface area contributed by atoms with E-state index < -0.39 is 0 Å². The molecule has 1 aromatic heterocycles. The van der Waals surface area contributed by atoms with Crippen LogP contribution in [0.15, 0.2) is 12.1 Å². The topological polar surface area (TPSA) is 15.3 Å². The Hall–Kier alpha value is -0.380. The van der Waals surface area contributed by atoms with Crippen molar-refractivity contribution in [1.29, 1.82) is 0 Å². The van der Waals surface area contributed by atoms with Crippen LogP contribution in [0.1, 0.15) is 35.9 Å². The second kappa shape index (κ2) is 7.93. The zero-order valence-electron chi connectivity index (χ0n) is 11.6. The summed E-state index contributed by atoms with van der Waals surface area (Å²) in [6.07, 6.45) is 6.49. The highest BCUT2D eigenvalue weighted by Gasteiger charge is 2.08. The number of thiophene rings is 1. The summed E-state index contributed by atoms with van der Waals surface area (Å²) in [6, 6.07) is 4.65. The SMILES string of the molecule is CCCc1ccc(CCCCN2CCNCC2)s1. The first-order valence-electron chi connectivity index (χ1n) is 7.39. The van der Waals surface area contributed by atoms with Gasteiger partial charge in [-0.25, -0.2) is 0 Å². The summed E-state index contributed by atoms with van der Waals surface area (Å²) < 4.78 is 0. The van der Waals surface area contributed by atoms with Crippen LogP contribution in [0.3, 0.4) is 0 Å². The number of hydrogen-bond donors (Lipinski definition) is 1. The van der Waals surface area contributed by atoms with E-state index in [2.05, 4.69) is 29.3 Å². The average molecular weight is 266 g/mol. The van der Waals surface area contributed by atoms with E-state index in [1.165, 1.54) is 64.8 Å². The van der Waals surface area contributed by atoms with Gasteiger partial charge >= 0.3 is 0 Å². The van der Waals surface area contributed by atoms with Crippen molar-refractivity contribution < 1.29 is 0 Å². The van der Waals surface area contributed by atoms with Crippen molar-refractivity contribution in [2.45, 2.75) is 39.0 Å². The summed E-state index contributed by atoms with van der Waals surface area (Å²) in [4.78, 5) is 5.74. The number of rotatable bonds is 7. The molecule has 0 spiro atoms. The van der Waals surface area contributed by atoms with E-state index in [-0.39, 0.29) is 0 Å². The maximum atomic E-state index is 3.41. The molecule has 102 valence electrons. The Morgan fingerprint density at radius 2 is 1.83 bits per heavy atom. The van der Waals surface area contributed by atoms with Crippen LogP contribution in [-0.4, -0.2) is 37.6 Å². The molecule has 2 nitrogen and oxygen atoms in total. The summed E-state index contributed by atoms with van der Waals surface area (Å²) in [5.41, 5.74) is 0. The number of unbranched alkanes of at least 4 members (excludes halogenated alkanes) is 1. The summed E-state index contributed by atoms with van der Waals surface area (Å²) in [5, 5.41) is 3.41. The lowest BCUT2D eigenvalue weighted by molar-refractivity contribution is 0.237. The summed E-state index contributed by atoms with van der Waals surface area (Å²) in [7, 11) is 0. The van der Waals surface area contributed by atoms with E-state index in [4.69, 9.17) is 0 Å². The minimum Gasteiger partial charge on any atom is -0.314 e. The third-order valence-electron chi connectivity index (χ3n) is 3.57. The van der Waals surface area contributed by atoms with Crippen LogP contribution in [0.25, 0.3) is 0 Å². The Bertz CT molecular complexity index is 329. The highest BCUT2D eigenvalue weighted by atomic mass is 32.1. The number of nitrogens with one attached hydrogen (secondary N) is 1. The quantitative estimate of drug-likeness (QED) is 0.763. The van der Waals surface area contributed by atoms with Crippen LogP contribution in [0.2, 0.25) is 0 Å². The number of aryl methyl sites for hydroxylation is 2. The van der Waals surface area contributed by atoms with Gasteiger partial charge in [0.2, 0.25) is 0 Å². The molecule has 18 heavy (non-hydrogen) atoms. The molecule has 1 aromatic rings. The van der Waals surface area contributed by atoms with Gasteiger partial charge in [0.25, 0.3) is 0 Å². The molecule has 1 fully saturated rings. The molecule has 2 rings (SSSR count). The molecule has 0 bridgehead atoms. The molecule has 0 unspecified atom stereocenters. The van der Waals surface area contributed by atoms with Crippen LogP contribution in [0, 0.1) is 0 Å². The monoisotopic (exact) mass is 266 g/mol. The van der Waals surface area contributed by atoms with E-state index in [1.807, 2.05) is 11.3 Å². The van der Waals surface area contributed by atoms with Crippen molar-refractivity contribution in [3.63, 3.8) is 0 Å². The Balaban J connectivity index is 1.59. The van der Waals surface area contributed by atoms with Crippen molar-refractivity contribution in [2.75, 3.05) is 32.7 Å². The van der Waals surface area contributed by atoms with Gasteiger partial charge in [-0.05, 0) is 44.4 Å². The highest BCUT2D eigenvalue weighted by Crippen LogP contribution is 2.19. The number of nitrogens with zero attached hydrogens (tertiary/aromatic N) is 1. The van der Waals surface area contributed by atoms with Gasteiger partial charge in [0.05, 0.1) is 0 Å². The van der Waals surface area contributed by atoms with Gasteiger partial charge < -0.3 is 10.2 Å². The molecule has 1 aliphatic rings. The lowest BCUT2D eigenvalue weighted by atomic mass is 10.2. The Morgan fingerprint density at radius 1 is 1.11 bits per heavy atom. The van der Waals surface area contributed by atoms with Crippen LogP contribution >= 0.6 is 11.3 Å². The van der Waals surface area contributed by atoms with Crippen LogP contribution < -0.4 is 5.32 Å². The second-order valence-corrected chi connectivity index (χ2v) is 6.42. The molecule has 0 aliphatic carbocycles. The maximum absolute atomic E-state index is 3.41. The molecule has 0 radical (unpaired) electrons. The Labute approximate surface area is 115 Å². The molecule has 2 heterocycles. The summed E-state index contributed by atoms with van der Waals surface area (Å²) >= 11 is 2.02.